The number of amides is 1. The Bertz CT molecular complexity index is 1300. The number of phenolic OH excluding ortho intramolecular Hbond substituents is 1. The van der Waals surface area contributed by atoms with E-state index in [9.17, 15) is 19.8 Å². The lowest BCUT2D eigenvalue weighted by Crippen LogP contribution is -2.29. The summed E-state index contributed by atoms with van der Waals surface area (Å²) < 4.78 is 11.0. The highest BCUT2D eigenvalue weighted by Gasteiger charge is 2.46. The van der Waals surface area contributed by atoms with Gasteiger partial charge in [-0.1, -0.05) is 24.8 Å². The number of carbonyl (C=O) groups is 2. The van der Waals surface area contributed by atoms with Crippen molar-refractivity contribution >= 4 is 17.4 Å². The maximum atomic E-state index is 13.2. The van der Waals surface area contributed by atoms with Crippen molar-refractivity contribution in [1.29, 1.82) is 0 Å². The molecule has 1 aliphatic heterocycles. The van der Waals surface area contributed by atoms with Gasteiger partial charge in [0.05, 0.1) is 18.2 Å². The zero-order chi connectivity index (χ0) is 25.7. The Balaban J connectivity index is 1.82. The molecule has 0 bridgehead atoms. The van der Waals surface area contributed by atoms with Crippen LogP contribution in [0.15, 0.2) is 85.2 Å². The number of aromatic nitrogens is 1. The molecule has 8 heteroatoms. The fraction of sp³-hybridized carbons (Fsp3) is 0.179. The standard InChI is InChI=1S/C28H26N2O6/c1-3-14-36-21-10-7-19(8-11-21)26(32)24-25(20-9-12-22(31)23(15-20)35-4-2)30(28(34)27(24)33)17-18-6-5-13-29-16-18/h3,5-13,15-16,25,31-32H,1,4,14,17H2,2H3/t25-/m0/s1. The third-order valence-corrected chi connectivity index (χ3v) is 5.71. The summed E-state index contributed by atoms with van der Waals surface area (Å²) in [6.45, 7) is 6.13. The second-order valence-electron chi connectivity index (χ2n) is 8.07. The Hall–Kier alpha value is -4.59. The van der Waals surface area contributed by atoms with Crippen LogP contribution in [0, 0.1) is 0 Å². The first-order chi connectivity index (χ1) is 17.4. The predicted octanol–water partition coefficient (Wildman–Crippen LogP) is 4.37. The lowest BCUT2D eigenvalue weighted by atomic mass is 9.95. The highest BCUT2D eigenvalue weighted by atomic mass is 16.5. The molecule has 1 saturated heterocycles. The second kappa shape index (κ2) is 10.8. The minimum Gasteiger partial charge on any atom is -0.507 e. The highest BCUT2D eigenvalue weighted by molar-refractivity contribution is 6.46. The Morgan fingerprint density at radius 2 is 1.92 bits per heavy atom. The molecule has 1 aliphatic rings. The van der Waals surface area contributed by atoms with E-state index in [1.165, 1.54) is 11.0 Å². The van der Waals surface area contributed by atoms with Gasteiger partial charge in [-0.3, -0.25) is 14.6 Å². The number of rotatable bonds is 9. The normalized spacial score (nSPS) is 16.7. The summed E-state index contributed by atoms with van der Waals surface area (Å²) >= 11 is 0. The summed E-state index contributed by atoms with van der Waals surface area (Å²) in [4.78, 5) is 31.9. The first-order valence-electron chi connectivity index (χ1n) is 11.4. The van der Waals surface area contributed by atoms with E-state index in [0.717, 1.165) is 5.56 Å². The van der Waals surface area contributed by atoms with Gasteiger partial charge in [0.25, 0.3) is 11.7 Å². The van der Waals surface area contributed by atoms with E-state index in [1.54, 1.807) is 73.9 Å². The number of carbonyl (C=O) groups excluding carboxylic acids is 2. The molecule has 1 amide bonds. The molecule has 4 rings (SSSR count). The van der Waals surface area contributed by atoms with E-state index < -0.39 is 17.7 Å². The molecular weight excluding hydrogens is 460 g/mol. The minimum absolute atomic E-state index is 0.0585. The van der Waals surface area contributed by atoms with Crippen LogP contribution in [-0.2, 0) is 16.1 Å². The van der Waals surface area contributed by atoms with Crippen LogP contribution >= 0.6 is 0 Å². The molecule has 0 aliphatic carbocycles. The monoisotopic (exact) mass is 486 g/mol. The highest BCUT2D eigenvalue weighted by Crippen LogP contribution is 2.42. The molecule has 2 aromatic carbocycles. The number of hydrogen-bond acceptors (Lipinski definition) is 7. The van der Waals surface area contributed by atoms with Gasteiger partial charge in [-0.05, 0) is 60.5 Å². The van der Waals surface area contributed by atoms with Crippen LogP contribution in [0.5, 0.6) is 17.2 Å². The van der Waals surface area contributed by atoms with Crippen molar-refractivity contribution in [3.63, 3.8) is 0 Å². The van der Waals surface area contributed by atoms with Gasteiger partial charge in [-0.25, -0.2) is 0 Å². The summed E-state index contributed by atoms with van der Waals surface area (Å²) in [5, 5.41) is 21.4. The zero-order valence-corrected chi connectivity index (χ0v) is 19.8. The van der Waals surface area contributed by atoms with Gasteiger partial charge < -0.3 is 24.6 Å². The first kappa shape index (κ1) is 24.5. The van der Waals surface area contributed by atoms with Crippen molar-refractivity contribution in [3.05, 3.63) is 102 Å². The van der Waals surface area contributed by atoms with Crippen LogP contribution < -0.4 is 9.47 Å². The molecule has 1 fully saturated rings. The number of benzene rings is 2. The van der Waals surface area contributed by atoms with Gasteiger partial charge in [0, 0.05) is 24.5 Å². The van der Waals surface area contributed by atoms with E-state index in [2.05, 4.69) is 11.6 Å². The minimum atomic E-state index is -0.915. The van der Waals surface area contributed by atoms with Crippen LogP contribution in [0.2, 0.25) is 0 Å². The number of Topliss-reactive ketones (excluding diaryl/α,β-unsaturated/α-hetero) is 1. The van der Waals surface area contributed by atoms with Gasteiger partial charge in [0.1, 0.15) is 18.1 Å². The summed E-state index contributed by atoms with van der Waals surface area (Å²) in [5.41, 5.74) is 1.52. The molecule has 0 spiro atoms. The van der Waals surface area contributed by atoms with E-state index in [0.29, 0.717) is 30.1 Å². The quantitative estimate of drug-likeness (QED) is 0.200. The summed E-state index contributed by atoms with van der Waals surface area (Å²) in [7, 11) is 0. The molecule has 1 atom stereocenters. The van der Waals surface area contributed by atoms with Crippen LogP contribution in [-0.4, -0.2) is 45.0 Å². The van der Waals surface area contributed by atoms with E-state index in [1.807, 2.05) is 0 Å². The molecule has 0 radical (unpaired) electrons. The largest absolute Gasteiger partial charge is 0.507 e. The molecule has 3 aromatic rings. The topological polar surface area (TPSA) is 109 Å². The van der Waals surface area contributed by atoms with E-state index in [-0.39, 0.29) is 29.4 Å². The van der Waals surface area contributed by atoms with Gasteiger partial charge in [0.2, 0.25) is 0 Å². The molecular formula is C28H26N2O6. The average molecular weight is 487 g/mol. The summed E-state index contributed by atoms with van der Waals surface area (Å²) in [6.07, 6.45) is 4.85. The third-order valence-electron chi connectivity index (χ3n) is 5.71. The van der Waals surface area contributed by atoms with Crippen LogP contribution in [0.4, 0.5) is 0 Å². The molecule has 0 unspecified atom stereocenters. The van der Waals surface area contributed by atoms with Crippen molar-refractivity contribution in [1.82, 2.24) is 9.88 Å². The summed E-state index contributed by atoms with van der Waals surface area (Å²) in [6, 6.07) is 13.8. The van der Waals surface area contributed by atoms with Crippen molar-refractivity contribution in [2.45, 2.75) is 19.5 Å². The lowest BCUT2D eigenvalue weighted by molar-refractivity contribution is -0.140. The van der Waals surface area contributed by atoms with Gasteiger partial charge in [-0.2, -0.15) is 0 Å². The number of aliphatic hydroxyl groups excluding tert-OH is 1. The van der Waals surface area contributed by atoms with Gasteiger partial charge in [0.15, 0.2) is 11.5 Å². The fourth-order valence-corrected chi connectivity index (χ4v) is 4.07. The van der Waals surface area contributed by atoms with Crippen molar-refractivity contribution in [2.24, 2.45) is 0 Å². The number of pyridine rings is 1. The van der Waals surface area contributed by atoms with Crippen LogP contribution in [0.25, 0.3) is 5.76 Å². The SMILES string of the molecule is C=CCOc1ccc(C(O)=C2C(=O)C(=O)N(Cc3cccnc3)[C@H]2c2ccc(O)c(OCC)c2)cc1. The number of likely N-dealkylation sites (tertiary alicyclic amines) is 1. The number of aliphatic hydroxyl groups is 1. The number of phenols is 1. The zero-order valence-electron chi connectivity index (χ0n) is 19.8. The number of ketones is 1. The number of ether oxygens (including phenoxy) is 2. The number of aromatic hydroxyl groups is 1. The first-order valence-corrected chi connectivity index (χ1v) is 11.4. The Morgan fingerprint density at radius 3 is 2.58 bits per heavy atom. The molecule has 36 heavy (non-hydrogen) atoms. The van der Waals surface area contributed by atoms with Gasteiger partial charge >= 0.3 is 0 Å². The van der Waals surface area contributed by atoms with Crippen molar-refractivity contribution in [2.75, 3.05) is 13.2 Å². The maximum Gasteiger partial charge on any atom is 0.295 e. The summed E-state index contributed by atoms with van der Waals surface area (Å²) in [5.74, 6) is -1.15. The second-order valence-corrected chi connectivity index (χ2v) is 8.07. The van der Waals surface area contributed by atoms with Crippen molar-refractivity contribution in [3.8, 4) is 17.2 Å². The molecule has 2 N–H and O–H groups in total. The number of nitrogens with zero attached hydrogens (tertiary/aromatic N) is 2. The molecule has 1 aromatic heterocycles. The van der Waals surface area contributed by atoms with Crippen LogP contribution in [0.3, 0.4) is 0 Å². The predicted molar refractivity (Wildman–Crippen MR) is 133 cm³/mol. The van der Waals surface area contributed by atoms with Crippen molar-refractivity contribution < 1.29 is 29.3 Å². The van der Waals surface area contributed by atoms with E-state index >= 15 is 0 Å². The van der Waals surface area contributed by atoms with Gasteiger partial charge in [-0.15, -0.1) is 0 Å². The number of hydrogen-bond donors (Lipinski definition) is 2. The van der Waals surface area contributed by atoms with Crippen LogP contribution in [0.1, 0.15) is 29.7 Å². The third kappa shape index (κ3) is 4.93. The molecule has 184 valence electrons. The smallest absolute Gasteiger partial charge is 0.295 e. The Kier molecular flexibility index (Phi) is 7.34. The fourth-order valence-electron chi connectivity index (χ4n) is 4.07. The molecule has 2 heterocycles. The Morgan fingerprint density at radius 1 is 1.14 bits per heavy atom. The Labute approximate surface area is 208 Å². The molecule has 8 nitrogen and oxygen atoms in total. The molecule has 0 saturated carbocycles. The average Bonchev–Trinajstić information content (AvgIpc) is 3.14. The maximum absolute atomic E-state index is 13.2. The lowest BCUT2D eigenvalue weighted by Gasteiger charge is -2.26. The van der Waals surface area contributed by atoms with E-state index in [4.69, 9.17) is 9.47 Å².